The molecule has 4 rings (SSSR count). The standard InChI is InChI=1S/C21H18O2/c1-21(2,3)14-10-8-13-9-11-18-19(16(13)12-14)20(22)15-6-4-5-7-17(15)23-18/h4-12H,1-3H3. The quantitative estimate of drug-likeness (QED) is 0.322. The highest BCUT2D eigenvalue weighted by molar-refractivity contribution is 6.08. The Morgan fingerprint density at radius 1 is 0.826 bits per heavy atom. The lowest BCUT2D eigenvalue weighted by atomic mass is 9.85. The molecule has 0 N–H and O–H groups in total. The molecule has 0 saturated carbocycles. The average Bonchev–Trinajstić information content (AvgIpc) is 2.53. The fourth-order valence-corrected chi connectivity index (χ4v) is 3.08. The van der Waals surface area contributed by atoms with E-state index >= 15 is 0 Å². The highest BCUT2D eigenvalue weighted by Crippen LogP contribution is 2.30. The van der Waals surface area contributed by atoms with E-state index in [-0.39, 0.29) is 10.8 Å². The molecule has 1 heterocycles. The zero-order valence-electron chi connectivity index (χ0n) is 13.5. The zero-order valence-corrected chi connectivity index (χ0v) is 13.5. The second-order valence-corrected chi connectivity index (χ2v) is 7.05. The lowest BCUT2D eigenvalue weighted by molar-refractivity contribution is 0.591. The molecular formula is C21H18O2. The van der Waals surface area contributed by atoms with Gasteiger partial charge in [-0.25, -0.2) is 0 Å². The molecule has 0 radical (unpaired) electrons. The SMILES string of the molecule is CC(C)(C)c1ccc2ccc3oc4ccccc4c(=O)c3c2c1. The van der Waals surface area contributed by atoms with Crippen LogP contribution in [0.3, 0.4) is 0 Å². The van der Waals surface area contributed by atoms with Gasteiger partial charge in [-0.1, -0.05) is 51.1 Å². The van der Waals surface area contributed by atoms with Crippen molar-refractivity contribution in [3.05, 3.63) is 70.4 Å². The molecule has 2 nitrogen and oxygen atoms in total. The van der Waals surface area contributed by atoms with E-state index in [1.807, 2.05) is 36.4 Å². The maximum Gasteiger partial charge on any atom is 0.201 e. The van der Waals surface area contributed by atoms with Crippen molar-refractivity contribution in [2.75, 3.05) is 0 Å². The van der Waals surface area contributed by atoms with E-state index in [2.05, 4.69) is 39.0 Å². The molecule has 4 aromatic rings. The van der Waals surface area contributed by atoms with Gasteiger partial charge < -0.3 is 4.42 Å². The lowest BCUT2D eigenvalue weighted by Crippen LogP contribution is -2.11. The average molecular weight is 302 g/mol. The molecule has 1 aromatic heterocycles. The van der Waals surface area contributed by atoms with Crippen molar-refractivity contribution in [2.45, 2.75) is 26.2 Å². The molecule has 114 valence electrons. The molecule has 0 spiro atoms. The van der Waals surface area contributed by atoms with E-state index in [1.165, 1.54) is 5.56 Å². The molecule has 0 aliphatic rings. The molecule has 0 atom stereocenters. The summed E-state index contributed by atoms with van der Waals surface area (Å²) < 4.78 is 5.96. The van der Waals surface area contributed by atoms with Crippen molar-refractivity contribution in [2.24, 2.45) is 0 Å². The summed E-state index contributed by atoms with van der Waals surface area (Å²) in [4.78, 5) is 13.0. The van der Waals surface area contributed by atoms with Crippen LogP contribution in [-0.2, 0) is 5.41 Å². The summed E-state index contributed by atoms with van der Waals surface area (Å²) in [5.74, 6) is 0. The monoisotopic (exact) mass is 302 g/mol. The van der Waals surface area contributed by atoms with Gasteiger partial charge in [0, 0.05) is 0 Å². The Morgan fingerprint density at radius 2 is 1.57 bits per heavy atom. The number of fused-ring (bicyclic) bond motifs is 4. The molecule has 0 aliphatic heterocycles. The second kappa shape index (κ2) is 4.69. The summed E-state index contributed by atoms with van der Waals surface area (Å²) in [6, 6.07) is 17.7. The highest BCUT2D eigenvalue weighted by atomic mass is 16.3. The Bertz CT molecular complexity index is 1110. The summed E-state index contributed by atoms with van der Waals surface area (Å²) >= 11 is 0. The van der Waals surface area contributed by atoms with Crippen LogP contribution in [0.25, 0.3) is 32.7 Å². The summed E-state index contributed by atoms with van der Waals surface area (Å²) in [5, 5.41) is 3.34. The normalized spacial score (nSPS) is 12.3. The van der Waals surface area contributed by atoms with E-state index in [0.29, 0.717) is 21.9 Å². The van der Waals surface area contributed by atoms with Crippen molar-refractivity contribution in [1.29, 1.82) is 0 Å². The smallest absolute Gasteiger partial charge is 0.201 e. The van der Waals surface area contributed by atoms with Crippen LogP contribution in [0.2, 0.25) is 0 Å². The van der Waals surface area contributed by atoms with E-state index in [4.69, 9.17) is 4.42 Å². The molecule has 0 bridgehead atoms. The Labute approximate surface area is 134 Å². The number of rotatable bonds is 0. The minimum Gasteiger partial charge on any atom is -0.456 e. The third-order valence-corrected chi connectivity index (χ3v) is 4.43. The highest BCUT2D eigenvalue weighted by Gasteiger charge is 2.16. The summed E-state index contributed by atoms with van der Waals surface area (Å²) in [5.41, 5.74) is 2.57. The van der Waals surface area contributed by atoms with Crippen molar-refractivity contribution in [3.8, 4) is 0 Å². The van der Waals surface area contributed by atoms with Crippen LogP contribution in [0.1, 0.15) is 26.3 Å². The molecule has 0 fully saturated rings. The van der Waals surface area contributed by atoms with Crippen LogP contribution in [0.15, 0.2) is 63.8 Å². The third kappa shape index (κ3) is 2.14. The molecule has 23 heavy (non-hydrogen) atoms. The van der Waals surface area contributed by atoms with Gasteiger partial charge in [0.1, 0.15) is 11.2 Å². The molecule has 0 unspecified atom stereocenters. The summed E-state index contributed by atoms with van der Waals surface area (Å²) in [6.45, 7) is 6.53. The maximum atomic E-state index is 13.0. The number of hydrogen-bond acceptors (Lipinski definition) is 2. The molecular weight excluding hydrogens is 284 g/mol. The van der Waals surface area contributed by atoms with Crippen LogP contribution >= 0.6 is 0 Å². The van der Waals surface area contributed by atoms with Crippen LogP contribution in [0.5, 0.6) is 0 Å². The number of benzene rings is 3. The minimum atomic E-state index is 0.0351. The molecule has 0 amide bonds. The van der Waals surface area contributed by atoms with E-state index < -0.39 is 0 Å². The Hall–Kier alpha value is -2.61. The van der Waals surface area contributed by atoms with Gasteiger partial charge in [-0.15, -0.1) is 0 Å². The third-order valence-electron chi connectivity index (χ3n) is 4.43. The summed E-state index contributed by atoms with van der Waals surface area (Å²) in [7, 11) is 0. The van der Waals surface area contributed by atoms with Crippen molar-refractivity contribution < 1.29 is 4.42 Å². The number of para-hydroxylation sites is 1. The molecule has 0 saturated heterocycles. The van der Waals surface area contributed by atoms with Crippen LogP contribution in [0.4, 0.5) is 0 Å². The first-order chi connectivity index (χ1) is 10.9. The van der Waals surface area contributed by atoms with E-state index in [0.717, 1.165) is 10.8 Å². The van der Waals surface area contributed by atoms with Gasteiger partial charge in [-0.3, -0.25) is 4.79 Å². The Kier molecular flexibility index (Phi) is 2.86. The summed E-state index contributed by atoms with van der Waals surface area (Å²) in [6.07, 6.45) is 0. The van der Waals surface area contributed by atoms with Crippen LogP contribution in [-0.4, -0.2) is 0 Å². The van der Waals surface area contributed by atoms with Crippen molar-refractivity contribution in [1.82, 2.24) is 0 Å². The topological polar surface area (TPSA) is 30.2 Å². The van der Waals surface area contributed by atoms with Gasteiger partial charge in [-0.2, -0.15) is 0 Å². The Balaban J connectivity index is 2.22. The fraction of sp³-hybridized carbons (Fsp3) is 0.190. The van der Waals surface area contributed by atoms with Gasteiger partial charge in [0.25, 0.3) is 0 Å². The predicted molar refractivity (Wildman–Crippen MR) is 96.2 cm³/mol. The van der Waals surface area contributed by atoms with E-state index in [9.17, 15) is 4.79 Å². The zero-order chi connectivity index (χ0) is 16.2. The minimum absolute atomic E-state index is 0.0351. The van der Waals surface area contributed by atoms with Gasteiger partial charge >= 0.3 is 0 Å². The van der Waals surface area contributed by atoms with Gasteiger partial charge in [-0.05, 0) is 46.0 Å². The van der Waals surface area contributed by atoms with Gasteiger partial charge in [0.05, 0.1) is 10.8 Å². The predicted octanol–water partition coefficient (Wildman–Crippen LogP) is 5.40. The second-order valence-electron chi connectivity index (χ2n) is 7.05. The van der Waals surface area contributed by atoms with Crippen LogP contribution in [0, 0.1) is 0 Å². The first-order valence-electron chi connectivity index (χ1n) is 7.84. The maximum absolute atomic E-state index is 13.0. The fourth-order valence-electron chi connectivity index (χ4n) is 3.08. The van der Waals surface area contributed by atoms with Crippen molar-refractivity contribution in [3.63, 3.8) is 0 Å². The van der Waals surface area contributed by atoms with Crippen LogP contribution < -0.4 is 5.43 Å². The first kappa shape index (κ1) is 14.0. The lowest BCUT2D eigenvalue weighted by Gasteiger charge is -2.19. The molecule has 0 aliphatic carbocycles. The van der Waals surface area contributed by atoms with Gasteiger partial charge in [0.15, 0.2) is 0 Å². The molecule has 2 heteroatoms. The van der Waals surface area contributed by atoms with E-state index in [1.54, 1.807) is 0 Å². The van der Waals surface area contributed by atoms with Gasteiger partial charge in [0.2, 0.25) is 5.43 Å². The first-order valence-corrected chi connectivity index (χ1v) is 7.84. The Morgan fingerprint density at radius 3 is 2.35 bits per heavy atom. The number of hydrogen-bond donors (Lipinski definition) is 0. The van der Waals surface area contributed by atoms with Crippen molar-refractivity contribution >= 4 is 32.7 Å². The molecule has 3 aromatic carbocycles. The largest absolute Gasteiger partial charge is 0.456 e.